The van der Waals surface area contributed by atoms with Crippen molar-refractivity contribution in [1.29, 1.82) is 0 Å². The van der Waals surface area contributed by atoms with E-state index < -0.39 is 30.2 Å². The molecule has 2 aromatic rings. The Kier molecular flexibility index (Phi) is 4.83. The van der Waals surface area contributed by atoms with E-state index in [0.717, 1.165) is 27.3 Å². The lowest BCUT2D eigenvalue weighted by atomic mass is 9.87. The number of fused-ring (bicyclic) bond motifs is 2. The molecule has 0 amide bonds. The van der Waals surface area contributed by atoms with Crippen molar-refractivity contribution in [2.45, 2.75) is 57.1 Å². The third-order valence-electron chi connectivity index (χ3n) is 5.27. The van der Waals surface area contributed by atoms with E-state index in [-0.39, 0.29) is 11.7 Å². The Morgan fingerprint density at radius 2 is 2.00 bits per heavy atom. The van der Waals surface area contributed by atoms with Crippen LogP contribution >= 0.6 is 22.9 Å². The van der Waals surface area contributed by atoms with Gasteiger partial charge in [-0.3, -0.25) is 0 Å². The first-order valence-corrected chi connectivity index (χ1v) is 9.85. The van der Waals surface area contributed by atoms with Crippen LogP contribution < -0.4 is 0 Å². The van der Waals surface area contributed by atoms with Crippen molar-refractivity contribution < 1.29 is 29.2 Å². The van der Waals surface area contributed by atoms with Crippen LogP contribution in [0.5, 0.6) is 0 Å². The number of thiophene rings is 1. The van der Waals surface area contributed by atoms with E-state index in [4.69, 9.17) is 21.1 Å². The molecule has 5 atom stereocenters. The molecule has 0 bridgehead atoms. The molecule has 0 unspecified atom stereocenters. The first-order chi connectivity index (χ1) is 12.7. The summed E-state index contributed by atoms with van der Waals surface area (Å²) in [6.45, 7) is 3.48. The summed E-state index contributed by atoms with van der Waals surface area (Å²) in [6.07, 6.45) is -4.40. The molecule has 2 aliphatic rings. The third-order valence-corrected chi connectivity index (χ3v) is 6.64. The molecule has 1 aromatic heterocycles. The number of halogens is 2. The van der Waals surface area contributed by atoms with Crippen LogP contribution in [-0.2, 0) is 28.3 Å². The molecule has 1 saturated heterocycles. The molecule has 1 aromatic carbocycles. The fourth-order valence-corrected chi connectivity index (χ4v) is 4.91. The summed E-state index contributed by atoms with van der Waals surface area (Å²) in [4.78, 5) is 0.828. The van der Waals surface area contributed by atoms with Gasteiger partial charge in [-0.25, -0.2) is 0 Å². The zero-order valence-electron chi connectivity index (χ0n) is 14.8. The van der Waals surface area contributed by atoms with E-state index in [9.17, 15) is 19.7 Å². The van der Waals surface area contributed by atoms with Crippen LogP contribution in [0.1, 0.15) is 34.1 Å². The van der Waals surface area contributed by atoms with E-state index in [1.165, 1.54) is 0 Å². The summed E-state index contributed by atoms with van der Waals surface area (Å²) in [5.41, 5.74) is 2.64. The van der Waals surface area contributed by atoms with Crippen molar-refractivity contribution in [1.82, 2.24) is 0 Å². The predicted octanol–water partition coefficient (Wildman–Crippen LogP) is 2.62. The topological polar surface area (TPSA) is 79.2 Å². The Hall–Kier alpha value is -1.06. The van der Waals surface area contributed by atoms with E-state index >= 15 is 0 Å². The third kappa shape index (κ3) is 3.02. The highest BCUT2D eigenvalue weighted by Gasteiger charge is 2.57. The Bertz CT molecular complexity index is 868. The van der Waals surface area contributed by atoms with Crippen LogP contribution in [-0.4, -0.2) is 39.7 Å². The second-order valence-electron chi connectivity index (χ2n) is 7.15. The van der Waals surface area contributed by atoms with E-state index in [2.05, 4.69) is 0 Å². The van der Waals surface area contributed by atoms with Crippen LogP contribution in [0.25, 0.3) is 0 Å². The maximum absolute atomic E-state index is 13.7. The van der Waals surface area contributed by atoms with Crippen molar-refractivity contribution in [3.8, 4) is 0 Å². The summed E-state index contributed by atoms with van der Waals surface area (Å²) < 4.78 is 25.3. The van der Waals surface area contributed by atoms with Crippen LogP contribution in [0.2, 0.25) is 5.02 Å². The van der Waals surface area contributed by atoms with Crippen LogP contribution in [0.4, 0.5) is 4.39 Å². The van der Waals surface area contributed by atoms with Crippen molar-refractivity contribution in [2.75, 3.05) is 0 Å². The van der Waals surface area contributed by atoms with Gasteiger partial charge >= 0.3 is 0 Å². The Morgan fingerprint density at radius 3 is 2.67 bits per heavy atom. The van der Waals surface area contributed by atoms with Gasteiger partial charge < -0.3 is 24.8 Å². The molecule has 1 fully saturated rings. The average Bonchev–Trinajstić information content (AvgIpc) is 3.12. The van der Waals surface area contributed by atoms with E-state index in [1.807, 2.05) is 0 Å². The van der Waals surface area contributed by atoms with E-state index in [0.29, 0.717) is 22.6 Å². The minimum Gasteiger partial charge on any atom is -0.388 e. The van der Waals surface area contributed by atoms with Gasteiger partial charge in [0.25, 0.3) is 0 Å². The number of ether oxygens (including phenoxy) is 2. The quantitative estimate of drug-likeness (QED) is 0.704. The van der Waals surface area contributed by atoms with Gasteiger partial charge in [0.1, 0.15) is 18.3 Å². The van der Waals surface area contributed by atoms with Crippen LogP contribution in [0, 0.1) is 12.1 Å². The minimum atomic E-state index is -1.57. The zero-order valence-corrected chi connectivity index (χ0v) is 16.4. The lowest BCUT2D eigenvalue weighted by Crippen LogP contribution is -2.62. The van der Waals surface area contributed by atoms with Gasteiger partial charge in [-0.2, -0.15) is 4.39 Å². The second-order valence-corrected chi connectivity index (χ2v) is 8.65. The van der Waals surface area contributed by atoms with Crippen molar-refractivity contribution in [3.63, 3.8) is 0 Å². The monoisotopic (exact) mass is 414 g/mol. The molecule has 27 heavy (non-hydrogen) atoms. The van der Waals surface area contributed by atoms with E-state index in [1.54, 1.807) is 32.0 Å². The van der Waals surface area contributed by atoms with Gasteiger partial charge in [-0.15, -0.1) is 11.3 Å². The maximum Gasteiger partial charge on any atom is 0.225 e. The molecule has 8 heteroatoms. The predicted molar refractivity (Wildman–Crippen MR) is 98.3 cm³/mol. The van der Waals surface area contributed by atoms with Gasteiger partial charge in [0.2, 0.25) is 5.79 Å². The molecule has 0 saturated carbocycles. The second kappa shape index (κ2) is 6.77. The first kappa shape index (κ1) is 19.3. The number of rotatable bonds is 2. The summed E-state index contributed by atoms with van der Waals surface area (Å²) in [5.74, 6) is -1.57. The summed E-state index contributed by atoms with van der Waals surface area (Å²) in [5, 5.41) is 31.1. The molecule has 3 N–H and O–H groups in total. The summed E-state index contributed by atoms with van der Waals surface area (Å²) >= 11 is 7.48. The lowest BCUT2D eigenvalue weighted by molar-refractivity contribution is -0.362. The number of aryl methyl sites for hydroxylation is 1. The highest BCUT2D eigenvalue weighted by Crippen LogP contribution is 2.47. The van der Waals surface area contributed by atoms with Gasteiger partial charge in [-0.1, -0.05) is 11.6 Å². The first-order valence-electron chi connectivity index (χ1n) is 8.65. The van der Waals surface area contributed by atoms with Crippen LogP contribution in [0.15, 0.2) is 18.2 Å². The standard InChI is InChI=1S/C19H20ClFO5S/c1-8-3-12(27-18(8)21)4-10-5-13-11(6-14(10)20)7-25-19(13)17(24)16(23)15(22)9(2)26-19/h3,5-6,9,15-17,22-24H,4,7H2,1-2H3/t9-,15-,16+,17-,19+/m1/s1. The number of hydrogen-bond acceptors (Lipinski definition) is 6. The maximum atomic E-state index is 13.7. The molecule has 0 aliphatic carbocycles. The molecular formula is C19H20ClFO5S. The molecule has 3 heterocycles. The van der Waals surface area contributed by atoms with Gasteiger partial charge in [0, 0.05) is 21.9 Å². The fraction of sp³-hybridized carbons (Fsp3) is 0.474. The molecular weight excluding hydrogens is 395 g/mol. The molecule has 1 spiro atoms. The molecule has 0 radical (unpaired) electrons. The molecule has 5 nitrogen and oxygen atoms in total. The number of aliphatic hydroxyl groups is 3. The van der Waals surface area contributed by atoms with Crippen molar-refractivity contribution >= 4 is 22.9 Å². The molecule has 146 valence electrons. The minimum absolute atomic E-state index is 0.161. The SMILES string of the molecule is Cc1cc(Cc2cc3c(cc2Cl)CO[C@]32O[C@H](C)[C@@H](O)[C@H](O)[C@H]2O)sc1F. The summed E-state index contributed by atoms with van der Waals surface area (Å²) in [6, 6.07) is 5.30. The Labute approximate surface area is 164 Å². The smallest absolute Gasteiger partial charge is 0.225 e. The van der Waals surface area contributed by atoms with Gasteiger partial charge in [0.15, 0.2) is 5.13 Å². The number of benzene rings is 1. The Morgan fingerprint density at radius 1 is 1.26 bits per heavy atom. The number of aliphatic hydroxyl groups excluding tert-OH is 3. The highest BCUT2D eigenvalue weighted by molar-refractivity contribution is 7.10. The lowest BCUT2D eigenvalue weighted by Gasteiger charge is -2.45. The van der Waals surface area contributed by atoms with Crippen molar-refractivity contribution in [3.05, 3.63) is 55.5 Å². The van der Waals surface area contributed by atoms with Gasteiger partial charge in [-0.05, 0) is 48.7 Å². The van der Waals surface area contributed by atoms with Crippen LogP contribution in [0.3, 0.4) is 0 Å². The average molecular weight is 415 g/mol. The number of hydrogen-bond donors (Lipinski definition) is 3. The largest absolute Gasteiger partial charge is 0.388 e. The molecule has 4 rings (SSSR count). The highest BCUT2D eigenvalue weighted by atomic mass is 35.5. The van der Waals surface area contributed by atoms with Gasteiger partial charge in [0.05, 0.1) is 12.7 Å². The van der Waals surface area contributed by atoms with Crippen molar-refractivity contribution in [2.24, 2.45) is 0 Å². The normalized spacial score (nSPS) is 32.9. The summed E-state index contributed by atoms with van der Waals surface area (Å²) in [7, 11) is 0. The fourth-order valence-electron chi connectivity index (χ4n) is 3.75. The molecule has 2 aliphatic heterocycles. The Balaban J connectivity index is 1.74. The zero-order chi connectivity index (χ0) is 19.5.